The largest absolute Gasteiger partial charge is 0.482 e. The number of aromatic nitrogens is 4. The van der Waals surface area contributed by atoms with Crippen LogP contribution in [0.2, 0.25) is 0 Å². The lowest BCUT2D eigenvalue weighted by molar-refractivity contribution is -0.137. The standard InChI is InChI=1S/C25H24F3N5O4/c1-24(2)9-17(10-24)21(15-3-5-16(6-4-15)22(36)29-8-7-20(34)35)37-19-12-30-23(31-13-19)33-14-18(11-32-33)25(26,27)28/h3-8,11-14,17,21H,9-10H2,1-2H3,(H,29,36)(H,34,35)/b8-7+. The molecule has 12 heteroatoms. The van der Waals surface area contributed by atoms with Crippen molar-refractivity contribution in [1.29, 1.82) is 0 Å². The second kappa shape index (κ2) is 10.0. The molecule has 0 saturated heterocycles. The summed E-state index contributed by atoms with van der Waals surface area (Å²) in [7, 11) is 0. The zero-order chi connectivity index (χ0) is 26.8. The number of halogens is 3. The Balaban J connectivity index is 1.50. The van der Waals surface area contributed by atoms with Gasteiger partial charge in [0.25, 0.3) is 11.9 Å². The Labute approximate surface area is 210 Å². The Morgan fingerprint density at radius 3 is 2.35 bits per heavy atom. The van der Waals surface area contributed by atoms with Gasteiger partial charge in [0, 0.05) is 30.0 Å². The van der Waals surface area contributed by atoms with Crippen molar-refractivity contribution in [2.75, 3.05) is 0 Å². The third-order valence-electron chi connectivity index (χ3n) is 5.99. The number of amides is 1. The molecule has 1 saturated carbocycles. The first-order valence-corrected chi connectivity index (χ1v) is 11.3. The topological polar surface area (TPSA) is 119 Å². The van der Waals surface area contributed by atoms with Crippen LogP contribution in [0.4, 0.5) is 13.2 Å². The van der Waals surface area contributed by atoms with Gasteiger partial charge in [0.1, 0.15) is 6.10 Å². The quantitative estimate of drug-likeness (QED) is 0.422. The molecule has 0 radical (unpaired) electrons. The van der Waals surface area contributed by atoms with Gasteiger partial charge in [0.2, 0.25) is 0 Å². The predicted octanol–water partition coefficient (Wildman–Crippen LogP) is 4.57. The highest BCUT2D eigenvalue weighted by molar-refractivity contribution is 5.95. The van der Waals surface area contributed by atoms with Gasteiger partial charge >= 0.3 is 12.1 Å². The first-order valence-electron chi connectivity index (χ1n) is 11.3. The summed E-state index contributed by atoms with van der Waals surface area (Å²) in [6, 6.07) is 6.77. The summed E-state index contributed by atoms with van der Waals surface area (Å²) in [6.07, 6.45) is 3.08. The summed E-state index contributed by atoms with van der Waals surface area (Å²) >= 11 is 0. The van der Waals surface area contributed by atoms with E-state index in [0.29, 0.717) is 17.5 Å². The number of carbonyl (C=O) groups excluding carboxylic acids is 1. The van der Waals surface area contributed by atoms with Gasteiger partial charge in [-0.05, 0) is 36.0 Å². The molecule has 2 aromatic heterocycles. The van der Waals surface area contributed by atoms with E-state index < -0.39 is 23.6 Å². The summed E-state index contributed by atoms with van der Waals surface area (Å²) in [4.78, 5) is 31.0. The average molecular weight is 515 g/mol. The summed E-state index contributed by atoms with van der Waals surface area (Å²) < 4.78 is 45.7. The Bertz CT molecular complexity index is 1290. The van der Waals surface area contributed by atoms with Crippen LogP contribution in [0.1, 0.15) is 54.3 Å². The molecular formula is C25H24F3N5O4. The molecule has 0 aliphatic heterocycles. The first kappa shape index (κ1) is 25.9. The maximum Gasteiger partial charge on any atom is 0.419 e. The van der Waals surface area contributed by atoms with Crippen molar-refractivity contribution >= 4 is 11.9 Å². The summed E-state index contributed by atoms with van der Waals surface area (Å²) in [5, 5.41) is 14.7. The molecule has 2 N–H and O–H groups in total. The van der Waals surface area contributed by atoms with E-state index in [9.17, 15) is 22.8 Å². The Hall–Kier alpha value is -4.22. The van der Waals surface area contributed by atoms with Crippen molar-refractivity contribution in [3.63, 3.8) is 0 Å². The number of hydrogen-bond acceptors (Lipinski definition) is 6. The van der Waals surface area contributed by atoms with E-state index in [1.807, 2.05) is 0 Å². The minimum absolute atomic E-state index is 0.0310. The van der Waals surface area contributed by atoms with E-state index in [1.165, 1.54) is 12.4 Å². The van der Waals surface area contributed by atoms with Gasteiger partial charge in [0.15, 0.2) is 5.75 Å². The van der Waals surface area contributed by atoms with Gasteiger partial charge in [0.05, 0.1) is 24.2 Å². The van der Waals surface area contributed by atoms with Gasteiger partial charge < -0.3 is 15.2 Å². The highest BCUT2D eigenvalue weighted by Gasteiger charge is 2.42. The molecule has 2 heterocycles. The van der Waals surface area contributed by atoms with E-state index in [4.69, 9.17) is 9.84 Å². The second-order valence-corrected chi connectivity index (χ2v) is 9.53. The normalized spacial score (nSPS) is 16.2. The second-order valence-electron chi connectivity index (χ2n) is 9.53. The van der Waals surface area contributed by atoms with E-state index in [-0.39, 0.29) is 23.4 Å². The zero-order valence-electron chi connectivity index (χ0n) is 19.9. The van der Waals surface area contributed by atoms with E-state index in [2.05, 4.69) is 34.2 Å². The zero-order valence-corrected chi connectivity index (χ0v) is 19.9. The third kappa shape index (κ3) is 6.32. The SMILES string of the molecule is CC1(C)CC(C(Oc2cnc(-n3cc(C(F)(F)F)cn3)nc2)c2ccc(C(=O)N/C=C/C(=O)O)cc2)C1. The van der Waals surface area contributed by atoms with E-state index >= 15 is 0 Å². The van der Waals surface area contributed by atoms with Crippen molar-refractivity contribution in [2.24, 2.45) is 11.3 Å². The van der Waals surface area contributed by atoms with Crippen LogP contribution in [0.25, 0.3) is 5.95 Å². The number of carbonyl (C=O) groups is 2. The van der Waals surface area contributed by atoms with Crippen LogP contribution in [0.15, 0.2) is 61.3 Å². The number of nitrogens with zero attached hydrogens (tertiary/aromatic N) is 4. The van der Waals surface area contributed by atoms with Crippen molar-refractivity contribution in [1.82, 2.24) is 25.1 Å². The van der Waals surface area contributed by atoms with Crippen LogP contribution in [0, 0.1) is 11.3 Å². The molecule has 9 nitrogen and oxygen atoms in total. The molecule has 1 atom stereocenters. The van der Waals surface area contributed by atoms with Crippen molar-refractivity contribution in [2.45, 2.75) is 39.0 Å². The third-order valence-corrected chi connectivity index (χ3v) is 5.99. The highest BCUT2D eigenvalue weighted by atomic mass is 19.4. The fraction of sp³-hybridized carbons (Fsp3) is 0.320. The number of rotatable bonds is 8. The fourth-order valence-corrected chi connectivity index (χ4v) is 4.32. The van der Waals surface area contributed by atoms with Gasteiger partial charge in [-0.2, -0.15) is 18.3 Å². The molecule has 0 bridgehead atoms. The van der Waals surface area contributed by atoms with Crippen LogP contribution in [0.3, 0.4) is 0 Å². The lowest BCUT2D eigenvalue weighted by Gasteiger charge is -2.46. The number of ether oxygens (including phenoxy) is 1. The first-order chi connectivity index (χ1) is 17.4. The van der Waals surface area contributed by atoms with Crippen molar-refractivity contribution in [3.05, 3.63) is 78.0 Å². The van der Waals surface area contributed by atoms with Crippen LogP contribution in [-0.4, -0.2) is 36.7 Å². The van der Waals surface area contributed by atoms with E-state index in [0.717, 1.165) is 41.6 Å². The monoisotopic (exact) mass is 515 g/mol. The van der Waals surface area contributed by atoms with Gasteiger partial charge in [-0.1, -0.05) is 26.0 Å². The molecule has 0 spiro atoms. The van der Waals surface area contributed by atoms with Crippen LogP contribution in [-0.2, 0) is 11.0 Å². The molecule has 1 aromatic carbocycles. The minimum atomic E-state index is -4.52. The number of benzene rings is 1. The number of alkyl halides is 3. The summed E-state index contributed by atoms with van der Waals surface area (Å²) in [5.41, 5.74) is 0.430. The lowest BCUT2D eigenvalue weighted by atomic mass is 9.62. The molecule has 1 amide bonds. The number of carboxylic acids is 1. The minimum Gasteiger partial charge on any atom is -0.482 e. The molecule has 1 aliphatic carbocycles. The van der Waals surface area contributed by atoms with Gasteiger partial charge in [-0.15, -0.1) is 0 Å². The number of nitrogens with one attached hydrogen (secondary N) is 1. The molecule has 1 aliphatic rings. The van der Waals surface area contributed by atoms with Crippen molar-refractivity contribution in [3.8, 4) is 11.7 Å². The van der Waals surface area contributed by atoms with Gasteiger partial charge in [-0.3, -0.25) is 4.79 Å². The molecular weight excluding hydrogens is 491 g/mol. The highest BCUT2D eigenvalue weighted by Crippen LogP contribution is 2.51. The Morgan fingerprint density at radius 1 is 1.16 bits per heavy atom. The average Bonchev–Trinajstić information content (AvgIpc) is 3.32. The molecule has 37 heavy (non-hydrogen) atoms. The predicted molar refractivity (Wildman–Crippen MR) is 125 cm³/mol. The number of carboxylic acid groups (broad SMARTS) is 1. The maximum atomic E-state index is 12.8. The molecule has 3 aromatic rings. The molecule has 1 unspecified atom stereocenters. The van der Waals surface area contributed by atoms with Gasteiger partial charge in [-0.25, -0.2) is 19.4 Å². The molecule has 4 rings (SSSR count). The van der Waals surface area contributed by atoms with E-state index in [1.54, 1.807) is 24.3 Å². The van der Waals surface area contributed by atoms with Crippen LogP contribution in [0.5, 0.6) is 5.75 Å². The molecule has 1 fully saturated rings. The Morgan fingerprint density at radius 2 is 1.81 bits per heavy atom. The van der Waals surface area contributed by atoms with Crippen LogP contribution < -0.4 is 10.1 Å². The Kier molecular flexibility index (Phi) is 7.01. The summed E-state index contributed by atoms with van der Waals surface area (Å²) in [6.45, 7) is 4.33. The number of hydrogen-bond donors (Lipinski definition) is 2. The fourth-order valence-electron chi connectivity index (χ4n) is 4.32. The van der Waals surface area contributed by atoms with Crippen LogP contribution >= 0.6 is 0 Å². The maximum absolute atomic E-state index is 12.8. The number of aliphatic carboxylic acids is 1. The van der Waals surface area contributed by atoms with Crippen molar-refractivity contribution < 1.29 is 32.6 Å². The molecule has 194 valence electrons. The summed E-state index contributed by atoms with van der Waals surface area (Å²) in [5.74, 6) is -1.14. The smallest absolute Gasteiger partial charge is 0.419 e. The lowest BCUT2D eigenvalue weighted by Crippen LogP contribution is -2.37.